The van der Waals surface area contributed by atoms with Crippen LogP contribution in [0, 0.1) is 13.8 Å². The Balaban J connectivity index is 2.50. The van der Waals surface area contributed by atoms with Gasteiger partial charge in [0.25, 0.3) is 0 Å². The minimum Gasteiger partial charge on any atom is -0.457 e. The van der Waals surface area contributed by atoms with Gasteiger partial charge in [-0.05, 0) is 47.0 Å². The molecule has 0 saturated carbocycles. The Hall–Kier alpha value is -1.35. The van der Waals surface area contributed by atoms with Crippen LogP contribution in [0.1, 0.15) is 27.0 Å². The lowest BCUT2D eigenvalue weighted by atomic mass is 9.97. The molecule has 0 saturated heterocycles. The van der Waals surface area contributed by atoms with Gasteiger partial charge in [-0.25, -0.2) is 0 Å². The first-order chi connectivity index (χ1) is 7.61. The fourth-order valence-electron chi connectivity index (χ4n) is 1.60. The highest BCUT2D eigenvalue weighted by atomic mass is 79.9. The number of benzene rings is 1. The Bertz CT molecular complexity index is 541. The molecule has 0 radical (unpaired) electrons. The van der Waals surface area contributed by atoms with Crippen LogP contribution in [0.2, 0.25) is 0 Å². The molecular weight excluding hydrogens is 268 g/mol. The average molecular weight is 279 g/mol. The Labute approximate surface area is 102 Å². The van der Waals surface area contributed by atoms with Gasteiger partial charge in [0.15, 0.2) is 10.5 Å². The summed E-state index contributed by atoms with van der Waals surface area (Å²) >= 11 is 3.22. The van der Waals surface area contributed by atoms with Crippen molar-refractivity contribution in [3.8, 4) is 0 Å². The predicted octanol–water partition coefficient (Wildman–Crippen LogP) is 3.89. The molecule has 82 valence electrons. The smallest absolute Gasteiger partial charge is 0.197 e. The summed E-state index contributed by atoms with van der Waals surface area (Å²) in [4.78, 5) is 12.2. The molecule has 0 atom stereocenters. The zero-order valence-corrected chi connectivity index (χ0v) is 10.7. The van der Waals surface area contributed by atoms with Crippen molar-refractivity contribution in [1.82, 2.24) is 0 Å². The van der Waals surface area contributed by atoms with Gasteiger partial charge >= 0.3 is 0 Å². The molecule has 0 aliphatic carbocycles. The van der Waals surface area contributed by atoms with Crippen molar-refractivity contribution in [3.05, 3.63) is 57.5 Å². The lowest BCUT2D eigenvalue weighted by Crippen LogP contribution is -2.04. The molecule has 0 fully saturated rings. The van der Waals surface area contributed by atoms with E-state index in [0.29, 0.717) is 10.2 Å². The van der Waals surface area contributed by atoms with Crippen LogP contribution >= 0.6 is 15.9 Å². The normalized spacial score (nSPS) is 10.4. The molecule has 0 N–H and O–H groups in total. The number of hydrogen-bond donors (Lipinski definition) is 0. The highest BCUT2D eigenvalue weighted by molar-refractivity contribution is 9.10. The number of carbonyl (C=O) groups is 1. The largest absolute Gasteiger partial charge is 0.457 e. The van der Waals surface area contributed by atoms with Gasteiger partial charge in [-0.3, -0.25) is 4.79 Å². The van der Waals surface area contributed by atoms with Crippen LogP contribution in [-0.2, 0) is 0 Å². The van der Waals surface area contributed by atoms with Gasteiger partial charge in [0, 0.05) is 5.56 Å². The van der Waals surface area contributed by atoms with Gasteiger partial charge < -0.3 is 4.42 Å². The van der Waals surface area contributed by atoms with Crippen molar-refractivity contribution < 1.29 is 9.21 Å². The Kier molecular flexibility index (Phi) is 2.97. The van der Waals surface area contributed by atoms with Crippen LogP contribution in [-0.4, -0.2) is 5.78 Å². The van der Waals surface area contributed by atoms with Crippen molar-refractivity contribution in [2.45, 2.75) is 13.8 Å². The molecule has 1 aromatic carbocycles. The van der Waals surface area contributed by atoms with Crippen LogP contribution in [0.4, 0.5) is 0 Å². The van der Waals surface area contributed by atoms with Crippen LogP contribution in [0.3, 0.4) is 0 Å². The highest BCUT2D eigenvalue weighted by Crippen LogP contribution is 2.23. The molecule has 2 nitrogen and oxygen atoms in total. The van der Waals surface area contributed by atoms with E-state index in [0.717, 1.165) is 16.7 Å². The van der Waals surface area contributed by atoms with E-state index >= 15 is 0 Å². The molecule has 16 heavy (non-hydrogen) atoms. The van der Waals surface area contributed by atoms with Gasteiger partial charge in [0.1, 0.15) is 0 Å². The molecule has 0 amide bonds. The molecule has 0 spiro atoms. The summed E-state index contributed by atoms with van der Waals surface area (Å²) < 4.78 is 5.56. The molecular formula is C13H11BrO2. The molecule has 2 rings (SSSR count). The lowest BCUT2D eigenvalue weighted by molar-refractivity contribution is 0.103. The van der Waals surface area contributed by atoms with E-state index in [1.165, 1.54) is 6.26 Å². The Morgan fingerprint density at radius 2 is 1.94 bits per heavy atom. The number of hydrogen-bond acceptors (Lipinski definition) is 2. The monoisotopic (exact) mass is 278 g/mol. The van der Waals surface area contributed by atoms with Crippen molar-refractivity contribution in [3.63, 3.8) is 0 Å². The molecule has 0 unspecified atom stereocenters. The molecule has 0 bridgehead atoms. The summed E-state index contributed by atoms with van der Waals surface area (Å²) in [6.07, 6.45) is 1.50. The third-order valence-electron chi connectivity index (χ3n) is 2.71. The van der Waals surface area contributed by atoms with E-state index in [9.17, 15) is 4.79 Å². The van der Waals surface area contributed by atoms with E-state index in [1.807, 2.05) is 32.0 Å². The van der Waals surface area contributed by atoms with Crippen LogP contribution in [0.15, 0.2) is 39.6 Å². The second kappa shape index (κ2) is 4.26. The maximum absolute atomic E-state index is 12.2. The second-order valence-electron chi connectivity index (χ2n) is 3.68. The topological polar surface area (TPSA) is 30.2 Å². The average Bonchev–Trinajstić information content (AvgIpc) is 2.68. The van der Waals surface area contributed by atoms with E-state index < -0.39 is 0 Å². The summed E-state index contributed by atoms with van der Waals surface area (Å²) in [5.41, 5.74) is 3.42. The summed E-state index contributed by atoms with van der Waals surface area (Å²) in [5.74, 6) is -0.0122. The minimum atomic E-state index is -0.0122. The van der Waals surface area contributed by atoms with Crippen molar-refractivity contribution in [2.24, 2.45) is 0 Å². The fraction of sp³-hybridized carbons (Fsp3) is 0.154. The second-order valence-corrected chi connectivity index (χ2v) is 4.40. The molecule has 0 aliphatic heterocycles. The van der Waals surface area contributed by atoms with Crippen LogP contribution in [0.25, 0.3) is 0 Å². The summed E-state index contributed by atoms with van der Waals surface area (Å²) in [6, 6.07) is 7.40. The first kappa shape index (κ1) is 11.1. The molecule has 0 aliphatic rings. The fourth-order valence-corrected chi connectivity index (χ4v) is 2.02. The highest BCUT2D eigenvalue weighted by Gasteiger charge is 2.16. The summed E-state index contributed by atoms with van der Waals surface area (Å²) in [7, 11) is 0. The number of carbonyl (C=O) groups excluding carboxylic acids is 1. The Morgan fingerprint density at radius 1 is 1.19 bits per heavy atom. The van der Waals surface area contributed by atoms with Gasteiger partial charge in [0.2, 0.25) is 0 Å². The third-order valence-corrected chi connectivity index (χ3v) is 3.33. The van der Waals surface area contributed by atoms with Crippen molar-refractivity contribution in [2.75, 3.05) is 0 Å². The first-order valence-corrected chi connectivity index (χ1v) is 5.74. The first-order valence-electron chi connectivity index (χ1n) is 4.95. The van der Waals surface area contributed by atoms with Crippen molar-refractivity contribution >= 4 is 21.7 Å². The molecule has 2 aromatic rings. The number of halogens is 1. The summed E-state index contributed by atoms with van der Waals surface area (Å²) in [5, 5.41) is 0. The lowest BCUT2D eigenvalue weighted by Gasteiger charge is -2.06. The van der Waals surface area contributed by atoms with E-state index in [-0.39, 0.29) is 5.78 Å². The zero-order chi connectivity index (χ0) is 11.7. The van der Waals surface area contributed by atoms with Gasteiger partial charge in [-0.2, -0.15) is 0 Å². The number of rotatable bonds is 2. The minimum absolute atomic E-state index is 0.0122. The van der Waals surface area contributed by atoms with Gasteiger partial charge in [-0.15, -0.1) is 0 Å². The quantitative estimate of drug-likeness (QED) is 0.781. The SMILES string of the molecule is Cc1cccc(C(=O)c2ccoc2Br)c1C. The van der Waals surface area contributed by atoms with E-state index in [2.05, 4.69) is 15.9 Å². The number of aryl methyl sites for hydroxylation is 1. The summed E-state index contributed by atoms with van der Waals surface area (Å²) in [6.45, 7) is 3.95. The van der Waals surface area contributed by atoms with Crippen LogP contribution in [0.5, 0.6) is 0 Å². The molecule has 1 heterocycles. The predicted molar refractivity (Wildman–Crippen MR) is 65.8 cm³/mol. The standard InChI is InChI=1S/C13H11BrO2/c1-8-4-3-5-10(9(8)2)12(15)11-6-7-16-13(11)14/h3-7H,1-2H3. The number of furan rings is 1. The molecule has 3 heteroatoms. The van der Waals surface area contributed by atoms with Crippen LogP contribution < -0.4 is 0 Å². The van der Waals surface area contributed by atoms with E-state index in [1.54, 1.807) is 6.07 Å². The maximum atomic E-state index is 12.2. The van der Waals surface area contributed by atoms with E-state index in [4.69, 9.17) is 4.42 Å². The van der Waals surface area contributed by atoms with Gasteiger partial charge in [-0.1, -0.05) is 18.2 Å². The van der Waals surface area contributed by atoms with Gasteiger partial charge in [0.05, 0.1) is 11.8 Å². The molecule has 1 aromatic heterocycles. The van der Waals surface area contributed by atoms with Crippen molar-refractivity contribution in [1.29, 1.82) is 0 Å². The zero-order valence-electron chi connectivity index (χ0n) is 9.08. The maximum Gasteiger partial charge on any atom is 0.197 e. The third kappa shape index (κ3) is 1.83. The number of ketones is 1. The Morgan fingerprint density at radius 3 is 2.56 bits per heavy atom.